The minimum absolute atomic E-state index is 0.187. The highest BCUT2D eigenvalue weighted by molar-refractivity contribution is 5.87. The van der Waals surface area contributed by atoms with Gasteiger partial charge in [-0.25, -0.2) is 14.0 Å². The van der Waals surface area contributed by atoms with Gasteiger partial charge in [-0.15, -0.1) is 0 Å². The van der Waals surface area contributed by atoms with Crippen molar-refractivity contribution in [2.75, 3.05) is 13.6 Å². The molecule has 0 bridgehead atoms. The average Bonchev–Trinajstić information content (AvgIpc) is 2.84. The number of likely N-dealkylation sites (tertiary alicyclic amines) is 1. The number of hydrogen-bond donors (Lipinski definition) is 1. The van der Waals surface area contributed by atoms with Crippen LogP contribution in [0.3, 0.4) is 0 Å². The van der Waals surface area contributed by atoms with Crippen molar-refractivity contribution in [3.63, 3.8) is 0 Å². The molecule has 20 heavy (non-hydrogen) atoms. The zero-order valence-electron chi connectivity index (χ0n) is 11.3. The van der Waals surface area contributed by atoms with E-state index in [2.05, 4.69) is 5.32 Å². The summed E-state index contributed by atoms with van der Waals surface area (Å²) in [6, 6.07) is 5.39. The van der Waals surface area contributed by atoms with E-state index in [9.17, 15) is 14.0 Å². The van der Waals surface area contributed by atoms with Gasteiger partial charge in [-0.3, -0.25) is 4.90 Å². The number of esters is 1. The highest BCUT2D eigenvalue weighted by Gasteiger charge is 2.30. The summed E-state index contributed by atoms with van der Waals surface area (Å²) in [4.78, 5) is 25.1. The van der Waals surface area contributed by atoms with Crippen molar-refractivity contribution in [1.29, 1.82) is 0 Å². The number of halogens is 1. The number of carbonyl (C=O) groups is 2. The van der Waals surface area contributed by atoms with Crippen LogP contribution in [0, 0.1) is 5.82 Å². The van der Waals surface area contributed by atoms with Gasteiger partial charge in [0.1, 0.15) is 11.9 Å². The number of alkyl carbamates (subject to hydrolysis) is 1. The average molecular weight is 280 g/mol. The maximum atomic E-state index is 12.7. The molecule has 6 heteroatoms. The number of carbonyl (C=O) groups excluding carboxylic acids is 2. The summed E-state index contributed by atoms with van der Waals surface area (Å²) in [5, 5.41) is 2.46. The molecule has 0 aliphatic carbocycles. The topological polar surface area (TPSA) is 58.6 Å². The molecule has 0 aromatic heterocycles. The monoisotopic (exact) mass is 280 g/mol. The Bertz CT molecular complexity index is 490. The molecule has 1 fully saturated rings. The predicted octanol–water partition coefficient (Wildman–Crippen LogP) is 1.67. The highest BCUT2D eigenvalue weighted by Crippen LogP contribution is 2.15. The number of rotatable bonds is 3. The molecule has 1 saturated heterocycles. The van der Waals surface area contributed by atoms with Crippen LogP contribution in [0.5, 0.6) is 0 Å². The summed E-state index contributed by atoms with van der Waals surface area (Å²) >= 11 is 0. The fraction of sp³-hybridized carbons (Fsp3) is 0.429. The molecular weight excluding hydrogens is 263 g/mol. The maximum absolute atomic E-state index is 12.7. The molecule has 1 N–H and O–H groups in total. The Morgan fingerprint density at radius 1 is 1.40 bits per heavy atom. The molecule has 1 heterocycles. The normalized spacial score (nSPS) is 18.8. The first-order valence-corrected chi connectivity index (χ1v) is 6.50. The first-order valence-electron chi connectivity index (χ1n) is 6.50. The van der Waals surface area contributed by atoms with Crippen LogP contribution in [0.1, 0.15) is 18.4 Å². The van der Waals surface area contributed by atoms with Gasteiger partial charge in [-0.2, -0.15) is 0 Å². The van der Waals surface area contributed by atoms with Crippen LogP contribution in [-0.4, -0.2) is 36.6 Å². The number of benzene rings is 1. The molecule has 1 aromatic carbocycles. The van der Waals surface area contributed by atoms with E-state index in [1.165, 1.54) is 12.1 Å². The number of ether oxygens (including phenoxy) is 1. The quantitative estimate of drug-likeness (QED) is 0.676. The van der Waals surface area contributed by atoms with Crippen molar-refractivity contribution in [2.24, 2.45) is 0 Å². The highest BCUT2D eigenvalue weighted by atomic mass is 19.1. The van der Waals surface area contributed by atoms with Gasteiger partial charge in [0.2, 0.25) is 0 Å². The molecule has 108 valence electrons. The fourth-order valence-electron chi connectivity index (χ4n) is 2.18. The van der Waals surface area contributed by atoms with Gasteiger partial charge in [-0.05, 0) is 44.1 Å². The fourth-order valence-corrected chi connectivity index (χ4v) is 2.18. The van der Waals surface area contributed by atoms with Gasteiger partial charge in [0.15, 0.2) is 0 Å². The van der Waals surface area contributed by atoms with Crippen molar-refractivity contribution < 1.29 is 18.7 Å². The molecule has 0 radical (unpaired) electrons. The van der Waals surface area contributed by atoms with E-state index in [1.807, 2.05) is 11.9 Å². The van der Waals surface area contributed by atoms with Gasteiger partial charge in [0, 0.05) is 6.54 Å². The molecule has 1 atom stereocenters. The molecule has 1 aliphatic heterocycles. The van der Waals surface area contributed by atoms with Gasteiger partial charge >= 0.3 is 12.1 Å². The zero-order valence-corrected chi connectivity index (χ0v) is 11.3. The number of amides is 1. The van der Waals surface area contributed by atoms with E-state index in [4.69, 9.17) is 4.74 Å². The third-order valence-electron chi connectivity index (χ3n) is 3.34. The second kappa shape index (κ2) is 6.47. The molecular formula is C14H17FN2O3. The SMILES string of the molecule is CN1CCCC1C(=O)OC(=O)NCc1ccc(F)cc1. The lowest BCUT2D eigenvalue weighted by Gasteiger charge is -2.16. The van der Waals surface area contributed by atoms with E-state index in [0.29, 0.717) is 6.42 Å². The molecule has 0 saturated carbocycles. The number of nitrogens with one attached hydrogen (secondary N) is 1. The Labute approximate surface area is 116 Å². The van der Waals surface area contributed by atoms with Gasteiger partial charge < -0.3 is 10.1 Å². The summed E-state index contributed by atoms with van der Waals surface area (Å²) in [7, 11) is 1.83. The molecule has 0 spiro atoms. The van der Waals surface area contributed by atoms with Crippen molar-refractivity contribution in [3.05, 3.63) is 35.6 Å². The predicted molar refractivity (Wildman–Crippen MR) is 70.4 cm³/mol. The Hall–Kier alpha value is -1.95. The number of likely N-dealkylation sites (N-methyl/N-ethyl adjacent to an activating group) is 1. The van der Waals surface area contributed by atoms with Crippen LogP contribution < -0.4 is 5.32 Å². The maximum Gasteiger partial charge on any atom is 0.415 e. The summed E-state index contributed by atoms with van der Waals surface area (Å²) < 4.78 is 17.5. The van der Waals surface area contributed by atoms with Crippen LogP contribution in [0.4, 0.5) is 9.18 Å². The van der Waals surface area contributed by atoms with E-state index < -0.39 is 12.1 Å². The van der Waals surface area contributed by atoms with E-state index >= 15 is 0 Å². The first kappa shape index (κ1) is 14.5. The summed E-state index contributed by atoms with van der Waals surface area (Å²) in [5.41, 5.74) is 0.730. The van der Waals surface area contributed by atoms with E-state index in [0.717, 1.165) is 18.5 Å². The Balaban J connectivity index is 1.77. The summed E-state index contributed by atoms with van der Waals surface area (Å²) in [6.45, 7) is 1.02. The molecule has 5 nitrogen and oxygen atoms in total. The lowest BCUT2D eigenvalue weighted by Crippen LogP contribution is -2.37. The zero-order chi connectivity index (χ0) is 14.5. The summed E-state index contributed by atoms with van der Waals surface area (Å²) in [5.74, 6) is -0.864. The van der Waals surface area contributed by atoms with Crippen LogP contribution >= 0.6 is 0 Å². The van der Waals surface area contributed by atoms with Crippen molar-refractivity contribution in [1.82, 2.24) is 10.2 Å². The number of hydrogen-bond acceptors (Lipinski definition) is 4. The molecule has 1 aliphatic rings. The smallest absolute Gasteiger partial charge is 0.375 e. The van der Waals surface area contributed by atoms with Gasteiger partial charge in [-0.1, -0.05) is 12.1 Å². The first-order chi connectivity index (χ1) is 9.56. The molecule has 1 amide bonds. The van der Waals surface area contributed by atoms with Crippen LogP contribution in [0.2, 0.25) is 0 Å². The van der Waals surface area contributed by atoms with Crippen molar-refractivity contribution >= 4 is 12.1 Å². The van der Waals surface area contributed by atoms with Gasteiger partial charge in [0.05, 0.1) is 0 Å². The van der Waals surface area contributed by atoms with E-state index in [1.54, 1.807) is 12.1 Å². The third kappa shape index (κ3) is 3.77. The standard InChI is InChI=1S/C14H17FN2O3/c1-17-8-2-3-12(17)13(18)20-14(19)16-9-10-4-6-11(15)7-5-10/h4-7,12H,2-3,8-9H2,1H3,(H,16,19). The Morgan fingerprint density at radius 3 is 2.70 bits per heavy atom. The summed E-state index contributed by atoms with van der Waals surface area (Å²) in [6.07, 6.45) is 0.855. The second-order valence-electron chi connectivity index (χ2n) is 4.83. The third-order valence-corrected chi connectivity index (χ3v) is 3.34. The second-order valence-corrected chi connectivity index (χ2v) is 4.83. The van der Waals surface area contributed by atoms with Crippen molar-refractivity contribution in [2.45, 2.75) is 25.4 Å². The molecule has 2 rings (SSSR count). The minimum Gasteiger partial charge on any atom is -0.375 e. The molecule has 1 unspecified atom stereocenters. The molecule has 1 aromatic rings. The number of nitrogens with zero attached hydrogens (tertiary/aromatic N) is 1. The van der Waals surface area contributed by atoms with E-state index in [-0.39, 0.29) is 18.4 Å². The van der Waals surface area contributed by atoms with Gasteiger partial charge in [0.25, 0.3) is 0 Å². The van der Waals surface area contributed by atoms with Crippen molar-refractivity contribution in [3.8, 4) is 0 Å². The minimum atomic E-state index is -0.778. The lowest BCUT2D eigenvalue weighted by molar-refractivity contribution is -0.141. The van der Waals surface area contributed by atoms with Crippen LogP contribution in [-0.2, 0) is 16.1 Å². The largest absolute Gasteiger partial charge is 0.415 e. The van der Waals surface area contributed by atoms with Crippen LogP contribution in [0.25, 0.3) is 0 Å². The lowest BCUT2D eigenvalue weighted by atomic mass is 10.2. The Morgan fingerprint density at radius 2 is 2.10 bits per heavy atom. The Kier molecular flexibility index (Phi) is 4.68. The van der Waals surface area contributed by atoms with Crippen LogP contribution in [0.15, 0.2) is 24.3 Å².